The molecule has 1 aliphatic heterocycles. The van der Waals surface area contributed by atoms with Crippen LogP contribution in [0.15, 0.2) is 39.9 Å². The first-order valence-electron chi connectivity index (χ1n) is 11.1. The Morgan fingerprint density at radius 1 is 1.14 bits per heavy atom. The van der Waals surface area contributed by atoms with Crippen LogP contribution < -0.4 is 4.90 Å². The largest absolute Gasteiger partial charge is 0.421 e. The number of ether oxygens (including phenoxy) is 1. The van der Waals surface area contributed by atoms with Crippen LogP contribution in [0.2, 0.25) is 0 Å². The molecule has 1 saturated heterocycles. The number of alkyl halides is 3. The first-order chi connectivity index (χ1) is 16.3. The topological polar surface area (TPSA) is 70.1 Å². The molecule has 1 aromatic carbocycles. The van der Waals surface area contributed by atoms with E-state index in [0.717, 1.165) is 11.3 Å². The lowest BCUT2D eigenvalue weighted by Crippen LogP contribution is -2.48. The van der Waals surface area contributed by atoms with E-state index in [1.54, 1.807) is 17.5 Å². The molecule has 1 fully saturated rings. The number of hydrogen-bond acceptors (Lipinski definition) is 6. The molecule has 0 amide bonds. The second kappa shape index (κ2) is 10.5. The number of aliphatic hydroxyl groups is 1. The van der Waals surface area contributed by atoms with E-state index in [0.29, 0.717) is 31.3 Å². The van der Waals surface area contributed by atoms with E-state index in [1.165, 1.54) is 29.6 Å². The molecule has 2 heterocycles. The minimum Gasteiger partial charge on any atom is -0.376 e. The normalized spacial score (nSPS) is 18.1. The summed E-state index contributed by atoms with van der Waals surface area (Å²) in [5.41, 5.74) is -2.49. The van der Waals surface area contributed by atoms with E-state index in [-0.39, 0.29) is 28.8 Å². The van der Waals surface area contributed by atoms with E-state index >= 15 is 0 Å². The van der Waals surface area contributed by atoms with Crippen LogP contribution in [-0.2, 0) is 20.4 Å². The van der Waals surface area contributed by atoms with Gasteiger partial charge in [0.25, 0.3) is 10.0 Å². The first-order valence-corrected chi connectivity index (χ1v) is 13.4. The summed E-state index contributed by atoms with van der Waals surface area (Å²) in [7, 11) is -2.08. The summed E-state index contributed by atoms with van der Waals surface area (Å²) >= 11 is 1.15. The van der Waals surface area contributed by atoms with Crippen LogP contribution in [0.5, 0.6) is 0 Å². The molecule has 0 bridgehead atoms. The molecular formula is C24H29F3N2O4S2. The molecule has 0 saturated carbocycles. The van der Waals surface area contributed by atoms with Gasteiger partial charge in [-0.3, -0.25) is 0 Å². The molecule has 35 heavy (non-hydrogen) atoms. The number of benzene rings is 1. The number of sulfonamides is 1. The molecule has 2 atom stereocenters. The molecule has 0 aliphatic carbocycles. The second-order valence-electron chi connectivity index (χ2n) is 8.79. The highest BCUT2D eigenvalue weighted by Gasteiger charge is 2.51. The summed E-state index contributed by atoms with van der Waals surface area (Å²) in [4.78, 5) is 1.90. The Morgan fingerprint density at radius 2 is 1.80 bits per heavy atom. The number of methoxy groups -OCH3 is 1. The number of rotatable bonds is 6. The maximum absolute atomic E-state index is 13.5. The fourth-order valence-corrected chi connectivity index (χ4v) is 6.30. The monoisotopic (exact) mass is 530 g/mol. The van der Waals surface area contributed by atoms with Gasteiger partial charge in [0.1, 0.15) is 10.3 Å². The fraction of sp³-hybridized carbons (Fsp3) is 0.500. The molecule has 1 aromatic heterocycles. The van der Waals surface area contributed by atoms with Gasteiger partial charge in [0.05, 0.1) is 5.69 Å². The van der Waals surface area contributed by atoms with Crippen molar-refractivity contribution < 1.29 is 31.4 Å². The highest BCUT2D eigenvalue weighted by Crippen LogP contribution is 2.40. The van der Waals surface area contributed by atoms with Gasteiger partial charge in [0.2, 0.25) is 0 Å². The zero-order valence-corrected chi connectivity index (χ0v) is 21.6. The summed E-state index contributed by atoms with van der Waals surface area (Å²) < 4.78 is 73.1. The summed E-state index contributed by atoms with van der Waals surface area (Å²) in [5, 5.41) is 11.9. The van der Waals surface area contributed by atoms with Gasteiger partial charge < -0.3 is 14.7 Å². The van der Waals surface area contributed by atoms with Crippen LogP contribution in [0.25, 0.3) is 0 Å². The summed E-state index contributed by atoms with van der Waals surface area (Å²) in [6.07, 6.45) is -5.30. The zero-order chi connectivity index (χ0) is 26.0. The third-order valence-corrected chi connectivity index (χ3v) is 9.26. The lowest BCUT2D eigenvalue weighted by molar-refractivity contribution is -0.258. The summed E-state index contributed by atoms with van der Waals surface area (Å²) in [5.74, 6) is 5.97. The van der Waals surface area contributed by atoms with Gasteiger partial charge in [0, 0.05) is 38.9 Å². The summed E-state index contributed by atoms with van der Waals surface area (Å²) in [6, 6.07) is 7.23. The van der Waals surface area contributed by atoms with Crippen LogP contribution in [0.4, 0.5) is 18.9 Å². The molecule has 0 radical (unpaired) electrons. The van der Waals surface area contributed by atoms with Crippen LogP contribution in [0, 0.1) is 17.8 Å². The predicted octanol–water partition coefficient (Wildman–Crippen LogP) is 4.05. The van der Waals surface area contributed by atoms with Gasteiger partial charge in [-0.15, -0.1) is 11.3 Å². The number of piperazine rings is 1. The van der Waals surface area contributed by atoms with E-state index in [9.17, 15) is 26.7 Å². The predicted molar refractivity (Wildman–Crippen MR) is 130 cm³/mol. The molecule has 1 unspecified atom stereocenters. The van der Waals surface area contributed by atoms with Crippen molar-refractivity contribution in [3.63, 3.8) is 0 Å². The molecule has 0 spiro atoms. The molecule has 3 rings (SSSR count). The molecule has 11 heteroatoms. The number of nitrogens with zero attached hydrogens (tertiary/aromatic N) is 2. The van der Waals surface area contributed by atoms with Gasteiger partial charge >= 0.3 is 6.18 Å². The van der Waals surface area contributed by atoms with Crippen molar-refractivity contribution in [2.45, 2.75) is 42.9 Å². The molecule has 1 aliphatic rings. The Morgan fingerprint density at radius 3 is 2.31 bits per heavy atom. The van der Waals surface area contributed by atoms with Crippen LogP contribution in [0.3, 0.4) is 0 Å². The third-order valence-electron chi connectivity index (χ3n) is 5.99. The molecule has 2 aromatic rings. The quantitative estimate of drug-likeness (QED) is 0.571. The van der Waals surface area contributed by atoms with Gasteiger partial charge in [-0.05, 0) is 42.0 Å². The van der Waals surface area contributed by atoms with Crippen molar-refractivity contribution >= 4 is 27.0 Å². The third kappa shape index (κ3) is 5.84. The van der Waals surface area contributed by atoms with Gasteiger partial charge in [-0.1, -0.05) is 37.8 Å². The Bertz CT molecular complexity index is 1180. The van der Waals surface area contributed by atoms with Crippen LogP contribution >= 0.6 is 11.3 Å². The average Bonchev–Trinajstić information content (AvgIpc) is 3.34. The Kier molecular flexibility index (Phi) is 8.23. The highest BCUT2D eigenvalue weighted by atomic mass is 32.2. The first kappa shape index (κ1) is 27.5. The Labute approximate surface area is 208 Å². The number of halogens is 3. The smallest absolute Gasteiger partial charge is 0.376 e. The van der Waals surface area contributed by atoms with Crippen molar-refractivity contribution in [2.75, 3.05) is 38.2 Å². The standard InChI is InChI=1S/C24H29F3N2O4S2/c1-17(2)21(33-4)10-7-18-16-19(23(3,30)24(25,26)27)8-9-20(18)28-11-13-29(14-12-28)35(31,32)22-6-5-15-34-22/h5-6,8-9,15-17,21,30H,11-14H2,1-4H3/t21-,23?/m1/s1. The molecular weight excluding hydrogens is 501 g/mol. The minimum atomic E-state index is -4.87. The highest BCUT2D eigenvalue weighted by molar-refractivity contribution is 7.91. The summed E-state index contributed by atoms with van der Waals surface area (Å²) in [6.45, 7) is 5.67. The fourth-order valence-electron chi connectivity index (χ4n) is 3.73. The Balaban J connectivity index is 1.93. The van der Waals surface area contributed by atoms with Crippen molar-refractivity contribution in [1.29, 1.82) is 0 Å². The average molecular weight is 531 g/mol. The lowest BCUT2D eigenvalue weighted by Gasteiger charge is -2.36. The van der Waals surface area contributed by atoms with E-state index in [4.69, 9.17) is 4.74 Å². The van der Waals surface area contributed by atoms with E-state index in [1.807, 2.05) is 18.7 Å². The van der Waals surface area contributed by atoms with E-state index in [2.05, 4.69) is 11.8 Å². The van der Waals surface area contributed by atoms with Gasteiger partial charge in [-0.25, -0.2) is 8.42 Å². The van der Waals surface area contributed by atoms with Crippen molar-refractivity contribution in [3.05, 3.63) is 46.8 Å². The number of hydrogen-bond donors (Lipinski definition) is 1. The van der Waals surface area contributed by atoms with Crippen LogP contribution in [0.1, 0.15) is 31.9 Å². The number of anilines is 1. The van der Waals surface area contributed by atoms with Gasteiger partial charge in [-0.2, -0.15) is 17.5 Å². The van der Waals surface area contributed by atoms with Gasteiger partial charge in [0.15, 0.2) is 5.60 Å². The minimum absolute atomic E-state index is 0.0587. The van der Waals surface area contributed by atoms with Crippen molar-refractivity contribution in [3.8, 4) is 11.8 Å². The molecule has 1 N–H and O–H groups in total. The zero-order valence-electron chi connectivity index (χ0n) is 20.0. The maximum atomic E-state index is 13.5. The molecule has 192 valence electrons. The molecule has 6 nitrogen and oxygen atoms in total. The van der Waals surface area contributed by atoms with Crippen LogP contribution in [-0.4, -0.2) is 63.4 Å². The second-order valence-corrected chi connectivity index (χ2v) is 11.9. The Hall–Kier alpha value is -2.10. The van der Waals surface area contributed by atoms with Crippen molar-refractivity contribution in [1.82, 2.24) is 4.31 Å². The lowest BCUT2D eigenvalue weighted by atomic mass is 9.92. The SMILES string of the molecule is CO[C@H](C#Cc1cc(C(C)(O)C(F)(F)F)ccc1N1CCN(S(=O)(=O)c2cccs2)CC1)C(C)C. The van der Waals surface area contributed by atoms with E-state index < -0.39 is 27.9 Å². The number of thiophene rings is 1. The van der Waals surface area contributed by atoms with Crippen molar-refractivity contribution in [2.24, 2.45) is 5.92 Å². The maximum Gasteiger partial charge on any atom is 0.421 e.